The minimum atomic E-state index is -0.819. The molecule has 0 radical (unpaired) electrons. The van der Waals surface area contributed by atoms with Crippen molar-refractivity contribution >= 4 is 46.0 Å². The van der Waals surface area contributed by atoms with Crippen LogP contribution in [0.5, 0.6) is 0 Å². The maximum atomic E-state index is 13.0. The van der Waals surface area contributed by atoms with Crippen LogP contribution in [0.25, 0.3) is 33.4 Å². The number of benzene rings is 2. The number of oxazole rings is 1. The van der Waals surface area contributed by atoms with E-state index >= 15 is 0 Å². The van der Waals surface area contributed by atoms with Crippen LogP contribution in [0.15, 0.2) is 47.1 Å². The first kappa shape index (κ1) is 47.0. The van der Waals surface area contributed by atoms with Gasteiger partial charge in [-0.3, -0.25) is 4.79 Å². The van der Waals surface area contributed by atoms with E-state index in [0.717, 1.165) is 23.1 Å². The number of anilines is 2. The largest absolute Gasteiger partial charge is 0.447 e. The molecule has 5 aromatic rings. The summed E-state index contributed by atoms with van der Waals surface area (Å²) in [6, 6.07) is 12.0. The molecule has 0 aliphatic carbocycles. The first-order valence-electron chi connectivity index (χ1n) is 20.9. The van der Waals surface area contributed by atoms with Gasteiger partial charge in [0.2, 0.25) is 5.91 Å². The Balaban J connectivity index is 0.757. The van der Waals surface area contributed by atoms with Gasteiger partial charge in [0.05, 0.1) is 124 Å². The van der Waals surface area contributed by atoms with Crippen molar-refractivity contribution in [1.82, 2.24) is 29.6 Å². The van der Waals surface area contributed by atoms with Crippen LogP contribution in [-0.4, -0.2) is 160 Å². The number of nitrogen functional groups attached to an aromatic ring is 2. The molecule has 4 heterocycles. The highest BCUT2D eigenvalue weighted by molar-refractivity contribution is 5.99. The van der Waals surface area contributed by atoms with Gasteiger partial charge in [-0.1, -0.05) is 18.2 Å². The molecule has 0 fully saturated rings. The van der Waals surface area contributed by atoms with E-state index < -0.39 is 6.09 Å². The molecule has 0 atom stereocenters. The number of aromatic nitrogens is 5. The van der Waals surface area contributed by atoms with E-state index in [1.54, 1.807) is 6.07 Å². The van der Waals surface area contributed by atoms with E-state index in [0.29, 0.717) is 159 Å². The molecule has 342 valence electrons. The van der Waals surface area contributed by atoms with Crippen molar-refractivity contribution in [2.45, 2.75) is 25.9 Å². The third-order valence-corrected chi connectivity index (χ3v) is 9.74. The smallest absolute Gasteiger partial charge is 0.404 e. The Kier molecular flexibility index (Phi) is 19.1. The van der Waals surface area contributed by atoms with Crippen molar-refractivity contribution in [1.29, 1.82) is 0 Å². The number of carbonyl (C=O) groups is 2. The molecule has 1 aliphatic rings. The summed E-state index contributed by atoms with van der Waals surface area (Å²) in [6.45, 7) is 8.53. The number of nitrogens with two attached hydrogens (primary N) is 3. The summed E-state index contributed by atoms with van der Waals surface area (Å²) in [5.74, 6) is 0.397. The number of amides is 2. The minimum absolute atomic E-state index is 0.0612. The molecule has 2 aromatic carbocycles. The van der Waals surface area contributed by atoms with Gasteiger partial charge in [-0.2, -0.15) is 10.1 Å². The van der Waals surface area contributed by atoms with E-state index in [4.69, 9.17) is 64.6 Å². The fourth-order valence-corrected chi connectivity index (χ4v) is 6.69. The molecule has 0 saturated heterocycles. The van der Waals surface area contributed by atoms with Crippen LogP contribution in [-0.2, 0) is 66.9 Å². The number of primary amides is 1. The second kappa shape index (κ2) is 25.6. The molecule has 0 unspecified atom stereocenters. The topological polar surface area (TPSA) is 268 Å². The van der Waals surface area contributed by atoms with Crippen LogP contribution in [0.2, 0.25) is 0 Å². The van der Waals surface area contributed by atoms with Crippen molar-refractivity contribution in [3.05, 3.63) is 59.4 Å². The Bertz CT molecular complexity index is 2190. The minimum Gasteiger partial charge on any atom is -0.447 e. The van der Waals surface area contributed by atoms with E-state index in [9.17, 15) is 9.59 Å². The molecular formula is C42H57N9O12. The summed E-state index contributed by atoms with van der Waals surface area (Å²) < 4.78 is 55.6. The SMILES string of the molecule is NC(=O)OCCOCCOCCOCCOCCOCCOCCOCCOCCC(=O)N1CCc2cc(Cn3nc(-c4ccc5oc(N)nc5c4)c4c(N)ncnc43)ccc2C1. The van der Waals surface area contributed by atoms with E-state index in [2.05, 4.69) is 37.9 Å². The lowest BCUT2D eigenvalue weighted by Gasteiger charge is -2.29. The summed E-state index contributed by atoms with van der Waals surface area (Å²) in [7, 11) is 0. The molecule has 0 saturated carbocycles. The molecule has 63 heavy (non-hydrogen) atoms. The number of nitrogens with zero attached hydrogens (tertiary/aromatic N) is 6. The highest BCUT2D eigenvalue weighted by Gasteiger charge is 2.22. The number of hydrogen-bond donors (Lipinski definition) is 3. The molecule has 21 nitrogen and oxygen atoms in total. The quantitative estimate of drug-likeness (QED) is 0.0559. The Morgan fingerprint density at radius 2 is 1.27 bits per heavy atom. The van der Waals surface area contributed by atoms with E-state index in [-0.39, 0.29) is 25.1 Å². The lowest BCUT2D eigenvalue weighted by molar-refractivity contribution is -0.133. The number of fused-ring (bicyclic) bond motifs is 3. The third-order valence-electron chi connectivity index (χ3n) is 9.74. The standard InChI is InChI=1S/C42H57N9O12/c43-39-37-38(32-3-4-35-34(26-32)48-41(44)63-35)49-51(40(37)47-29-46-39)27-30-1-2-33-28-50(7-5-31(33)25-30)36(52)6-8-54-9-10-55-11-12-56-13-14-57-15-16-58-17-18-59-19-20-60-21-22-61-23-24-62-42(45)53/h1-4,25-26,29H,5-24,27-28H2,(H2,44,48)(H2,45,53)(H2,43,46,47). The van der Waals surface area contributed by atoms with Gasteiger partial charge in [0, 0.05) is 18.7 Å². The average Bonchev–Trinajstić information content (AvgIpc) is 3.85. The third kappa shape index (κ3) is 15.1. The van der Waals surface area contributed by atoms with Gasteiger partial charge < -0.3 is 69.1 Å². The molecule has 21 heteroatoms. The Morgan fingerprint density at radius 1 is 0.683 bits per heavy atom. The normalized spacial score (nSPS) is 12.7. The van der Waals surface area contributed by atoms with Crippen molar-refractivity contribution < 1.29 is 56.6 Å². The molecule has 1 aliphatic heterocycles. The fourth-order valence-electron chi connectivity index (χ4n) is 6.69. The van der Waals surface area contributed by atoms with Crippen LogP contribution in [0, 0.1) is 0 Å². The van der Waals surface area contributed by atoms with Crippen LogP contribution in [0.4, 0.5) is 16.6 Å². The number of rotatable bonds is 30. The van der Waals surface area contributed by atoms with E-state index in [1.807, 2.05) is 21.7 Å². The second-order valence-corrected chi connectivity index (χ2v) is 14.2. The Labute approximate surface area is 364 Å². The number of carbonyl (C=O) groups excluding carboxylic acids is 2. The maximum Gasteiger partial charge on any atom is 0.404 e. The molecule has 2 amide bonds. The van der Waals surface area contributed by atoms with Crippen molar-refractivity contribution in [2.75, 3.05) is 130 Å². The highest BCUT2D eigenvalue weighted by atomic mass is 16.6. The maximum absolute atomic E-state index is 13.0. The molecular weight excluding hydrogens is 823 g/mol. The van der Waals surface area contributed by atoms with Crippen LogP contribution < -0.4 is 17.2 Å². The predicted molar refractivity (Wildman–Crippen MR) is 229 cm³/mol. The summed E-state index contributed by atoms with van der Waals surface area (Å²) in [4.78, 5) is 38.3. The van der Waals surface area contributed by atoms with E-state index in [1.165, 1.54) is 11.9 Å². The van der Waals surface area contributed by atoms with Gasteiger partial charge in [-0.25, -0.2) is 19.4 Å². The van der Waals surface area contributed by atoms with Gasteiger partial charge in [0.25, 0.3) is 6.01 Å². The molecule has 3 aromatic heterocycles. The molecule has 6 rings (SSSR count). The van der Waals surface area contributed by atoms with Gasteiger partial charge in [0.15, 0.2) is 11.2 Å². The molecule has 6 N–H and O–H groups in total. The van der Waals surface area contributed by atoms with Crippen molar-refractivity contribution in [3.63, 3.8) is 0 Å². The fraction of sp³-hybridized carbons (Fsp3) is 0.524. The Morgan fingerprint density at radius 3 is 1.87 bits per heavy atom. The zero-order valence-electron chi connectivity index (χ0n) is 35.4. The van der Waals surface area contributed by atoms with Crippen molar-refractivity contribution in [3.8, 4) is 11.3 Å². The number of hydrogen-bond acceptors (Lipinski definition) is 18. The summed E-state index contributed by atoms with van der Waals surface area (Å²) in [5.41, 5.74) is 23.6. The van der Waals surface area contributed by atoms with Crippen LogP contribution in [0.1, 0.15) is 23.1 Å². The lowest BCUT2D eigenvalue weighted by atomic mass is 9.97. The summed E-state index contributed by atoms with van der Waals surface area (Å²) >= 11 is 0. The van der Waals surface area contributed by atoms with Gasteiger partial charge in [-0.05, 0) is 41.3 Å². The molecule has 0 spiro atoms. The summed E-state index contributed by atoms with van der Waals surface area (Å²) in [6.07, 6.45) is 1.68. The van der Waals surface area contributed by atoms with Gasteiger partial charge in [-0.15, -0.1) is 0 Å². The highest BCUT2D eigenvalue weighted by Crippen LogP contribution is 2.33. The monoisotopic (exact) mass is 879 g/mol. The lowest BCUT2D eigenvalue weighted by Crippen LogP contribution is -2.36. The summed E-state index contributed by atoms with van der Waals surface area (Å²) in [5, 5.41) is 5.58. The van der Waals surface area contributed by atoms with Crippen LogP contribution in [0.3, 0.4) is 0 Å². The van der Waals surface area contributed by atoms with Crippen molar-refractivity contribution in [2.24, 2.45) is 5.73 Å². The first-order valence-corrected chi connectivity index (χ1v) is 20.9. The average molecular weight is 880 g/mol. The zero-order valence-corrected chi connectivity index (χ0v) is 35.4. The number of ether oxygens (including phenoxy) is 9. The van der Waals surface area contributed by atoms with Gasteiger partial charge >= 0.3 is 6.09 Å². The molecule has 0 bridgehead atoms. The second-order valence-electron chi connectivity index (χ2n) is 14.2. The first-order chi connectivity index (χ1) is 30.9. The zero-order chi connectivity index (χ0) is 44.1. The Hall–Kier alpha value is -5.52. The van der Waals surface area contributed by atoms with Crippen LogP contribution >= 0.6 is 0 Å². The predicted octanol–water partition coefficient (Wildman–Crippen LogP) is 2.35. The van der Waals surface area contributed by atoms with Gasteiger partial charge in [0.1, 0.15) is 30.0 Å².